The molecule has 0 aliphatic heterocycles. The Labute approximate surface area is 130 Å². The van der Waals surface area contributed by atoms with Gasteiger partial charge in [-0.3, -0.25) is 4.79 Å². The van der Waals surface area contributed by atoms with Crippen molar-refractivity contribution in [2.75, 3.05) is 11.9 Å². The first kappa shape index (κ1) is 18.5. The Balaban J connectivity index is 0.000000231. The molecule has 0 saturated carbocycles. The summed E-state index contributed by atoms with van der Waals surface area (Å²) in [6.45, 7) is 2.48. The zero-order chi connectivity index (χ0) is 17.4. The van der Waals surface area contributed by atoms with E-state index in [0.29, 0.717) is 18.3 Å². The average Bonchev–Trinajstić information content (AvgIpc) is 2.46. The number of aliphatic carboxylic acids is 1. The highest BCUT2D eigenvalue weighted by Gasteiger charge is 2.06. The molecule has 124 valence electrons. The first-order valence-electron chi connectivity index (χ1n) is 6.68. The van der Waals surface area contributed by atoms with Crippen LogP contribution in [0.5, 0.6) is 0 Å². The summed E-state index contributed by atoms with van der Waals surface area (Å²) in [7, 11) is 0. The Hall–Kier alpha value is -2.57. The fourth-order valence-corrected chi connectivity index (χ4v) is 1.65. The summed E-state index contributed by atoms with van der Waals surface area (Å²) < 4.78 is 50.1. The molecule has 2 aromatic carbocycles. The summed E-state index contributed by atoms with van der Waals surface area (Å²) in [6.07, 6.45) is -0.424. The molecule has 0 spiro atoms. The van der Waals surface area contributed by atoms with Crippen LogP contribution in [0.25, 0.3) is 0 Å². The predicted molar refractivity (Wildman–Crippen MR) is 78.2 cm³/mol. The molecule has 0 aliphatic rings. The number of rotatable bonds is 4. The molecule has 0 aliphatic carbocycles. The largest absolute Gasteiger partial charge is 0.481 e. The number of carboxylic acid groups (broad SMARTS) is 1. The van der Waals surface area contributed by atoms with Gasteiger partial charge in [-0.25, -0.2) is 17.6 Å². The number of carbonyl (C=O) groups is 1. The van der Waals surface area contributed by atoms with E-state index in [1.165, 1.54) is 12.1 Å². The monoisotopic (exact) mass is 329 g/mol. The van der Waals surface area contributed by atoms with Gasteiger partial charge in [0, 0.05) is 18.7 Å². The average molecular weight is 329 g/mol. The number of hydrogen-bond donors (Lipinski definition) is 2. The van der Waals surface area contributed by atoms with Crippen LogP contribution in [-0.2, 0) is 11.2 Å². The summed E-state index contributed by atoms with van der Waals surface area (Å²) in [5.41, 5.74) is 0.331. The van der Waals surface area contributed by atoms with Crippen molar-refractivity contribution in [3.8, 4) is 0 Å². The standard InChI is InChI=1S/C8H9F2N.C8H6F2O2/c1-2-11-8-4-3-6(9)5-7(8)10;9-6-2-1-5(3-8(11)12)7(10)4-6/h3-5,11H,2H2,1H3;1-2,4H,3H2,(H,11,12). The van der Waals surface area contributed by atoms with E-state index in [-0.39, 0.29) is 5.56 Å². The van der Waals surface area contributed by atoms with Crippen molar-refractivity contribution in [3.63, 3.8) is 0 Å². The zero-order valence-electron chi connectivity index (χ0n) is 12.2. The second-order valence-electron chi connectivity index (χ2n) is 4.46. The molecule has 2 N–H and O–H groups in total. The fourth-order valence-electron chi connectivity index (χ4n) is 1.65. The van der Waals surface area contributed by atoms with Crippen LogP contribution in [0.4, 0.5) is 23.2 Å². The van der Waals surface area contributed by atoms with Crippen molar-refractivity contribution in [3.05, 3.63) is 65.2 Å². The molecule has 0 fully saturated rings. The Kier molecular flexibility index (Phi) is 7.05. The van der Waals surface area contributed by atoms with Crippen LogP contribution in [0.15, 0.2) is 36.4 Å². The quantitative estimate of drug-likeness (QED) is 0.834. The normalized spacial score (nSPS) is 9.78. The molecule has 0 bridgehead atoms. The summed E-state index contributed by atoms with van der Waals surface area (Å²) in [6, 6.07) is 6.28. The van der Waals surface area contributed by atoms with Crippen molar-refractivity contribution < 1.29 is 27.5 Å². The molecule has 2 aromatic rings. The number of carboxylic acids is 1. The molecule has 0 heterocycles. The van der Waals surface area contributed by atoms with E-state index in [1.807, 2.05) is 6.92 Å². The van der Waals surface area contributed by atoms with E-state index in [0.717, 1.165) is 18.2 Å². The number of hydrogen-bond acceptors (Lipinski definition) is 2. The molecule has 0 radical (unpaired) electrons. The number of anilines is 1. The molecular formula is C16H15F4NO2. The van der Waals surface area contributed by atoms with Gasteiger partial charge in [-0.05, 0) is 30.7 Å². The third-order valence-electron chi connectivity index (χ3n) is 2.66. The zero-order valence-corrected chi connectivity index (χ0v) is 12.2. The van der Waals surface area contributed by atoms with E-state index in [2.05, 4.69) is 5.32 Å². The lowest BCUT2D eigenvalue weighted by molar-refractivity contribution is -0.136. The van der Waals surface area contributed by atoms with E-state index in [4.69, 9.17) is 5.11 Å². The highest BCUT2D eigenvalue weighted by Crippen LogP contribution is 2.14. The molecule has 0 amide bonds. The van der Waals surface area contributed by atoms with Gasteiger partial charge in [0.05, 0.1) is 12.1 Å². The fraction of sp³-hybridized carbons (Fsp3) is 0.188. The minimum Gasteiger partial charge on any atom is -0.481 e. The van der Waals surface area contributed by atoms with Gasteiger partial charge >= 0.3 is 5.97 Å². The molecule has 0 saturated heterocycles. The van der Waals surface area contributed by atoms with Crippen LogP contribution in [-0.4, -0.2) is 17.6 Å². The molecule has 2 rings (SSSR count). The Morgan fingerprint density at radius 1 is 1.00 bits per heavy atom. The molecule has 23 heavy (non-hydrogen) atoms. The van der Waals surface area contributed by atoms with Crippen LogP contribution in [0.3, 0.4) is 0 Å². The van der Waals surface area contributed by atoms with Crippen LogP contribution >= 0.6 is 0 Å². The Morgan fingerprint density at radius 2 is 1.57 bits per heavy atom. The lowest BCUT2D eigenvalue weighted by Crippen LogP contribution is -2.02. The Morgan fingerprint density at radius 3 is 2.04 bits per heavy atom. The van der Waals surface area contributed by atoms with E-state index in [1.54, 1.807) is 0 Å². The van der Waals surface area contributed by atoms with Gasteiger partial charge < -0.3 is 10.4 Å². The number of benzene rings is 2. The molecule has 0 atom stereocenters. The van der Waals surface area contributed by atoms with E-state index < -0.39 is 35.7 Å². The molecular weight excluding hydrogens is 314 g/mol. The first-order valence-corrected chi connectivity index (χ1v) is 6.68. The topological polar surface area (TPSA) is 49.3 Å². The predicted octanol–water partition coefficient (Wildman–Crippen LogP) is 3.99. The highest BCUT2D eigenvalue weighted by atomic mass is 19.1. The van der Waals surface area contributed by atoms with Crippen LogP contribution < -0.4 is 5.32 Å². The minimum atomic E-state index is -1.14. The number of halogens is 4. The maximum Gasteiger partial charge on any atom is 0.307 e. The van der Waals surface area contributed by atoms with Gasteiger partial charge in [0.1, 0.15) is 23.3 Å². The van der Waals surface area contributed by atoms with Gasteiger partial charge in [0.2, 0.25) is 0 Å². The minimum absolute atomic E-state index is 0.0103. The van der Waals surface area contributed by atoms with Gasteiger partial charge in [0.25, 0.3) is 0 Å². The van der Waals surface area contributed by atoms with Crippen molar-refractivity contribution >= 4 is 11.7 Å². The lowest BCUT2D eigenvalue weighted by Gasteiger charge is -2.02. The highest BCUT2D eigenvalue weighted by molar-refractivity contribution is 5.70. The summed E-state index contributed by atoms with van der Waals surface area (Å²) in [4.78, 5) is 10.1. The lowest BCUT2D eigenvalue weighted by atomic mass is 10.1. The number of nitrogens with one attached hydrogen (secondary N) is 1. The molecule has 7 heteroatoms. The summed E-state index contributed by atoms with van der Waals surface area (Å²) >= 11 is 0. The second-order valence-corrected chi connectivity index (χ2v) is 4.46. The smallest absolute Gasteiger partial charge is 0.307 e. The third kappa shape index (κ3) is 6.37. The maximum absolute atomic E-state index is 12.7. The van der Waals surface area contributed by atoms with Gasteiger partial charge in [-0.2, -0.15) is 0 Å². The molecule has 0 aromatic heterocycles. The van der Waals surface area contributed by atoms with Crippen molar-refractivity contribution in [1.29, 1.82) is 0 Å². The van der Waals surface area contributed by atoms with Crippen molar-refractivity contribution in [2.45, 2.75) is 13.3 Å². The molecule has 3 nitrogen and oxygen atoms in total. The van der Waals surface area contributed by atoms with Gasteiger partial charge in [-0.1, -0.05) is 6.07 Å². The summed E-state index contributed by atoms with van der Waals surface area (Å²) in [5.74, 6) is -3.77. The molecule has 0 unspecified atom stereocenters. The van der Waals surface area contributed by atoms with Crippen LogP contribution in [0, 0.1) is 23.3 Å². The maximum atomic E-state index is 12.7. The first-order chi connectivity index (χ1) is 10.8. The van der Waals surface area contributed by atoms with E-state index >= 15 is 0 Å². The van der Waals surface area contributed by atoms with Gasteiger partial charge in [-0.15, -0.1) is 0 Å². The second kappa shape index (κ2) is 8.77. The van der Waals surface area contributed by atoms with Gasteiger partial charge in [0.15, 0.2) is 0 Å². The SMILES string of the molecule is CCNc1ccc(F)cc1F.O=C(O)Cc1ccc(F)cc1F. The Bertz CT molecular complexity index is 677. The summed E-state index contributed by atoms with van der Waals surface area (Å²) in [5, 5.41) is 11.1. The third-order valence-corrected chi connectivity index (χ3v) is 2.66. The van der Waals surface area contributed by atoms with E-state index in [9.17, 15) is 22.4 Å². The van der Waals surface area contributed by atoms with Crippen LogP contribution in [0.1, 0.15) is 12.5 Å². The van der Waals surface area contributed by atoms with Crippen molar-refractivity contribution in [1.82, 2.24) is 0 Å². The van der Waals surface area contributed by atoms with Crippen LogP contribution in [0.2, 0.25) is 0 Å². The van der Waals surface area contributed by atoms with Crippen molar-refractivity contribution in [2.24, 2.45) is 0 Å².